The zero-order chi connectivity index (χ0) is 38.5. The smallest absolute Gasteiger partial charge is 0.349 e. The molecule has 0 radical (unpaired) electrons. The average molecular weight is 727 g/mol. The summed E-state index contributed by atoms with van der Waals surface area (Å²) in [6.45, 7) is 42.7. The molecule has 0 spiro atoms. The fraction of sp³-hybridized carbons (Fsp3) is 0.698. The number of benzene rings is 1. The minimum atomic E-state index is -2.84. The first-order valence-electron chi connectivity index (χ1n) is 19.0. The number of allylic oxidation sites excluding steroid dienone is 3. The minimum absolute atomic E-state index is 0.00565. The van der Waals surface area contributed by atoms with Crippen molar-refractivity contribution in [2.45, 2.75) is 157 Å². The lowest BCUT2D eigenvalue weighted by atomic mass is 9.82. The van der Waals surface area contributed by atoms with Crippen LogP contribution in [0.5, 0.6) is 0 Å². The number of carbonyl (C=O) groups is 1. The molecular formula is C43H74O5Si2. The van der Waals surface area contributed by atoms with Gasteiger partial charge in [-0.05, 0) is 42.1 Å². The van der Waals surface area contributed by atoms with Crippen LogP contribution >= 0.6 is 0 Å². The Labute approximate surface area is 310 Å². The Hall–Kier alpha value is -1.62. The summed E-state index contributed by atoms with van der Waals surface area (Å²) in [7, 11) is -5.03. The summed E-state index contributed by atoms with van der Waals surface area (Å²) in [5, 5.41) is -0.321. The van der Waals surface area contributed by atoms with Crippen molar-refractivity contribution in [2.75, 3.05) is 6.61 Å². The van der Waals surface area contributed by atoms with Gasteiger partial charge in [0.15, 0.2) is 14.1 Å². The Morgan fingerprint density at radius 3 is 1.92 bits per heavy atom. The van der Waals surface area contributed by atoms with E-state index in [4.69, 9.17) is 18.0 Å². The van der Waals surface area contributed by atoms with Crippen molar-refractivity contribution in [2.24, 2.45) is 29.6 Å². The van der Waals surface area contributed by atoms with Gasteiger partial charge in [-0.15, -0.1) is 0 Å². The number of ketones is 1. The van der Waals surface area contributed by atoms with Crippen LogP contribution in [0.2, 0.25) is 28.2 Å². The molecule has 0 unspecified atom stereocenters. The van der Waals surface area contributed by atoms with Crippen molar-refractivity contribution >= 4 is 22.7 Å². The molecule has 5 nitrogen and oxygen atoms in total. The molecule has 0 aliphatic carbocycles. The number of hydrogen-bond donors (Lipinski definition) is 0. The number of hydrogen-bond acceptors (Lipinski definition) is 5. The van der Waals surface area contributed by atoms with E-state index in [1.54, 1.807) is 0 Å². The van der Waals surface area contributed by atoms with Gasteiger partial charge in [0, 0.05) is 33.7 Å². The van der Waals surface area contributed by atoms with Crippen LogP contribution in [-0.4, -0.2) is 47.6 Å². The molecule has 7 heteroatoms. The maximum absolute atomic E-state index is 14.4. The standard InChI is InChI=1S/C43H74O5Si2/c1-19-20-24-30(2)38-35(7)39(48-50(47-38,42(11,12)13)43(14,15)16)32(4)27-31(3)37(44)34(6)40(46-49(17,18)41(8,9)10)33(5)28-45-29-36-25-22-21-23-26-36/h19-27,30,32-35,38-40H,1,28-29H2,2-18H3/b24-20-,31-27+/t30-,32-,33-,34-,35+,38-,39+,40-/m1/s1. The van der Waals surface area contributed by atoms with Gasteiger partial charge in [-0.3, -0.25) is 4.79 Å². The van der Waals surface area contributed by atoms with Crippen LogP contribution in [0.4, 0.5) is 0 Å². The Morgan fingerprint density at radius 1 is 0.920 bits per heavy atom. The van der Waals surface area contributed by atoms with E-state index in [-0.39, 0.29) is 68.8 Å². The van der Waals surface area contributed by atoms with Gasteiger partial charge < -0.3 is 18.0 Å². The van der Waals surface area contributed by atoms with Crippen molar-refractivity contribution in [3.8, 4) is 0 Å². The fourth-order valence-corrected chi connectivity index (χ4v) is 14.3. The topological polar surface area (TPSA) is 54.0 Å². The molecule has 50 heavy (non-hydrogen) atoms. The van der Waals surface area contributed by atoms with Gasteiger partial charge in [0.25, 0.3) is 0 Å². The third-order valence-electron chi connectivity index (χ3n) is 11.3. The second kappa shape index (κ2) is 17.5. The van der Waals surface area contributed by atoms with Gasteiger partial charge in [0.05, 0.1) is 31.5 Å². The van der Waals surface area contributed by atoms with Gasteiger partial charge in [0.1, 0.15) is 0 Å². The highest BCUT2D eigenvalue weighted by Crippen LogP contribution is 2.57. The summed E-state index contributed by atoms with van der Waals surface area (Å²) in [4.78, 5) is 14.4. The monoisotopic (exact) mass is 727 g/mol. The third kappa shape index (κ3) is 10.7. The van der Waals surface area contributed by atoms with Crippen LogP contribution in [0.3, 0.4) is 0 Å². The number of carbonyl (C=O) groups excluding carboxylic acids is 1. The fourth-order valence-electron chi connectivity index (χ4n) is 7.52. The third-order valence-corrected chi connectivity index (χ3v) is 20.9. The molecule has 1 heterocycles. The second-order valence-electron chi connectivity index (χ2n) is 18.8. The molecule has 1 aliphatic rings. The molecule has 0 amide bonds. The first kappa shape index (κ1) is 44.5. The lowest BCUT2D eigenvalue weighted by Gasteiger charge is -2.58. The molecule has 8 atom stereocenters. The SMILES string of the molecule is C=C/C=C\[C@@H](C)[C@H]1O[Si](C(C)(C)C)(C(C)(C)C)O[C@@H]([C@H](C)/C=C(\C)C(=O)[C@@H](C)[C@H](O[Si](C)(C)C(C)(C)C)[C@H](C)COCc2ccccc2)[C@H]1C. The highest BCUT2D eigenvalue weighted by Gasteiger charge is 2.64. The summed E-state index contributed by atoms with van der Waals surface area (Å²) in [5.74, 6) is 0.143. The molecule has 1 aromatic carbocycles. The number of Topliss-reactive ketones (excluding diaryl/α,β-unsaturated/α-hetero) is 1. The molecule has 0 saturated carbocycles. The molecule has 284 valence electrons. The quantitative estimate of drug-likeness (QED) is 0.102. The van der Waals surface area contributed by atoms with Gasteiger partial charge in [-0.2, -0.15) is 0 Å². The van der Waals surface area contributed by atoms with Gasteiger partial charge >= 0.3 is 8.56 Å². The van der Waals surface area contributed by atoms with Gasteiger partial charge in [-0.25, -0.2) is 0 Å². The van der Waals surface area contributed by atoms with Crippen LogP contribution in [0.15, 0.2) is 66.8 Å². The van der Waals surface area contributed by atoms with E-state index < -0.39 is 16.9 Å². The number of rotatable bonds is 15. The summed E-state index contributed by atoms with van der Waals surface area (Å²) in [5.41, 5.74) is 1.91. The van der Waals surface area contributed by atoms with E-state index in [1.165, 1.54) is 0 Å². The van der Waals surface area contributed by atoms with E-state index in [0.717, 1.165) is 11.1 Å². The normalized spacial score (nSPS) is 24.0. The van der Waals surface area contributed by atoms with Gasteiger partial charge in [-0.1, -0.05) is 158 Å². The molecule has 1 aromatic rings. The summed E-state index contributed by atoms with van der Waals surface area (Å²) in [6.07, 6.45) is 7.84. The van der Waals surface area contributed by atoms with Crippen LogP contribution < -0.4 is 0 Å². The van der Waals surface area contributed by atoms with Crippen LogP contribution in [-0.2, 0) is 29.4 Å². The molecule has 0 bridgehead atoms. The highest BCUT2D eigenvalue weighted by molar-refractivity contribution is 6.74. The van der Waals surface area contributed by atoms with E-state index in [0.29, 0.717) is 13.2 Å². The maximum atomic E-state index is 14.4. The first-order chi connectivity index (χ1) is 22.8. The predicted molar refractivity (Wildman–Crippen MR) is 217 cm³/mol. The lowest BCUT2D eigenvalue weighted by Crippen LogP contribution is -2.67. The van der Waals surface area contributed by atoms with E-state index in [9.17, 15) is 4.79 Å². The predicted octanol–water partition coefficient (Wildman–Crippen LogP) is 11.9. The first-order valence-corrected chi connectivity index (χ1v) is 23.7. The van der Waals surface area contributed by atoms with Gasteiger partial charge in [0.2, 0.25) is 0 Å². The van der Waals surface area contributed by atoms with Crippen LogP contribution in [0, 0.1) is 29.6 Å². The summed E-state index contributed by atoms with van der Waals surface area (Å²) in [6, 6.07) is 10.2. The Bertz CT molecular complexity index is 1280. The molecule has 1 aliphatic heterocycles. The van der Waals surface area contributed by atoms with Crippen molar-refractivity contribution in [1.82, 2.24) is 0 Å². The van der Waals surface area contributed by atoms with E-state index in [2.05, 4.69) is 134 Å². The van der Waals surface area contributed by atoms with Crippen molar-refractivity contribution < 1.29 is 22.8 Å². The van der Waals surface area contributed by atoms with Crippen molar-refractivity contribution in [3.63, 3.8) is 0 Å². The van der Waals surface area contributed by atoms with Crippen LogP contribution in [0.1, 0.15) is 109 Å². The zero-order valence-electron chi connectivity index (χ0n) is 35.0. The average Bonchev–Trinajstić information content (AvgIpc) is 3.00. The largest absolute Gasteiger partial charge is 0.413 e. The van der Waals surface area contributed by atoms with E-state index in [1.807, 2.05) is 44.2 Å². The zero-order valence-corrected chi connectivity index (χ0v) is 37.0. The lowest BCUT2D eigenvalue weighted by molar-refractivity contribution is -0.123. The second-order valence-corrected chi connectivity index (χ2v) is 28.3. The molecule has 2 rings (SSSR count). The number of ether oxygens (including phenoxy) is 1. The molecule has 0 aromatic heterocycles. The van der Waals surface area contributed by atoms with Crippen molar-refractivity contribution in [1.29, 1.82) is 0 Å². The van der Waals surface area contributed by atoms with Crippen LogP contribution in [0.25, 0.3) is 0 Å². The molecule has 1 fully saturated rings. The molecular weight excluding hydrogens is 653 g/mol. The Morgan fingerprint density at radius 2 is 1.44 bits per heavy atom. The molecule has 0 N–H and O–H groups in total. The Balaban J connectivity index is 2.46. The van der Waals surface area contributed by atoms with Crippen molar-refractivity contribution in [3.05, 3.63) is 72.4 Å². The Kier molecular flexibility index (Phi) is 15.6. The summed E-state index contributed by atoms with van der Waals surface area (Å²) >= 11 is 0. The van der Waals surface area contributed by atoms with E-state index >= 15 is 0 Å². The minimum Gasteiger partial charge on any atom is -0.413 e. The molecule has 1 saturated heterocycles. The maximum Gasteiger partial charge on any atom is 0.349 e. The highest BCUT2D eigenvalue weighted by atomic mass is 28.4. The summed E-state index contributed by atoms with van der Waals surface area (Å²) < 4.78 is 27.9.